The zero-order valence-electron chi connectivity index (χ0n) is 50.7. The van der Waals surface area contributed by atoms with Crippen LogP contribution in [0.5, 0.6) is 0 Å². The normalized spacial score (nSPS) is 11.5. The van der Waals surface area contributed by atoms with Gasteiger partial charge in [0.25, 0.3) is 0 Å². The van der Waals surface area contributed by atoms with Gasteiger partial charge >= 0.3 is 17.9 Å². The van der Waals surface area contributed by atoms with Crippen molar-refractivity contribution in [2.75, 3.05) is 156 Å². The number of hydrogen-bond donors (Lipinski definition) is 5. The zero-order valence-corrected chi connectivity index (χ0v) is 55.6. The molecule has 0 bridgehead atoms. The summed E-state index contributed by atoms with van der Waals surface area (Å²) in [7, 11) is 10.6. The van der Waals surface area contributed by atoms with E-state index in [0.717, 1.165) is 57.8 Å². The summed E-state index contributed by atoms with van der Waals surface area (Å²) < 4.78 is 43.7. The number of ketones is 1. The van der Waals surface area contributed by atoms with Gasteiger partial charge in [-0.15, -0.1) is 0 Å². The Labute approximate surface area is 512 Å². The predicted octanol–water partition coefficient (Wildman–Crippen LogP) is 11.3. The molecule has 0 aliphatic carbocycles. The molecule has 0 fully saturated rings. The molecule has 0 aromatic rings. The van der Waals surface area contributed by atoms with Crippen LogP contribution in [0, 0.1) is 11.8 Å². The van der Waals surface area contributed by atoms with E-state index in [0.29, 0.717) is 132 Å². The first-order chi connectivity index (χ1) is 39.3. The standard InChI is InChI=1S/C50H92N2O17.3C2H6S2/c1-43(49(58)59)18-16-17-24-51-47(55)23-26-62-28-30-64-32-34-66-36-38-68-40-41-69-39-37-67-35-33-65-31-29-63-27-25-52-46(54)22-21-44(50(60)61)42-45(53)19-14-12-10-8-6-4-2-3-5-7-9-11-13-15-20-48(56)57;3*1-3-4-2/h43-44H,2-42H2,1H3,(H,51,55)(H,52,54)(H,56,57)(H,58,59)(H,60,61);3*1-2H3/t43-,44+;;;/m0.../s1. The van der Waals surface area contributed by atoms with Gasteiger partial charge in [-0.25, -0.2) is 0 Å². The Hall–Kier alpha value is -1.20. The molecule has 0 spiro atoms. The zero-order chi connectivity index (χ0) is 60.9. The van der Waals surface area contributed by atoms with Gasteiger partial charge in [0.1, 0.15) is 5.78 Å². The number of aliphatic carboxylic acids is 3. The molecule has 0 radical (unpaired) electrons. The van der Waals surface area contributed by atoms with Crippen molar-refractivity contribution in [1.82, 2.24) is 10.6 Å². The summed E-state index contributed by atoms with van der Waals surface area (Å²) in [6.07, 6.45) is 30.9. The van der Waals surface area contributed by atoms with Crippen molar-refractivity contribution in [3.05, 3.63) is 0 Å². The highest BCUT2D eigenvalue weighted by molar-refractivity contribution is 8.76. The van der Waals surface area contributed by atoms with Crippen molar-refractivity contribution in [3.63, 3.8) is 0 Å². The number of nitrogens with one attached hydrogen (secondary N) is 2. The maximum atomic E-state index is 12.5. The molecule has 2 amide bonds. The molecule has 0 saturated heterocycles. The van der Waals surface area contributed by atoms with Crippen molar-refractivity contribution >= 4 is 100 Å². The fourth-order valence-electron chi connectivity index (χ4n) is 6.89. The van der Waals surface area contributed by atoms with Gasteiger partial charge in [0.05, 0.1) is 118 Å². The topological polar surface area (TPSA) is 261 Å². The van der Waals surface area contributed by atoms with Crippen molar-refractivity contribution in [1.29, 1.82) is 0 Å². The molecule has 0 rings (SSSR count). The summed E-state index contributed by atoms with van der Waals surface area (Å²) in [4.78, 5) is 69.6. The van der Waals surface area contributed by atoms with Gasteiger partial charge in [-0.2, -0.15) is 0 Å². The van der Waals surface area contributed by atoms with E-state index in [1.165, 1.54) is 44.9 Å². The minimum atomic E-state index is -1.05. The third kappa shape index (κ3) is 80.9. The summed E-state index contributed by atoms with van der Waals surface area (Å²) in [5.74, 6) is -4.21. The van der Waals surface area contributed by atoms with Crippen molar-refractivity contribution in [2.24, 2.45) is 11.8 Å². The number of unbranched alkanes of at least 4 members (excludes halogenated alkanes) is 14. The van der Waals surface area contributed by atoms with Crippen LogP contribution in [0.3, 0.4) is 0 Å². The second-order valence-corrected chi connectivity index (χ2v) is 26.2. The van der Waals surface area contributed by atoms with E-state index in [-0.39, 0.29) is 55.6 Å². The van der Waals surface area contributed by atoms with Gasteiger partial charge in [0.2, 0.25) is 11.8 Å². The van der Waals surface area contributed by atoms with Crippen LogP contribution in [-0.2, 0) is 66.7 Å². The van der Waals surface area contributed by atoms with E-state index in [4.69, 9.17) is 48.1 Å². The number of carboxylic acid groups (broad SMARTS) is 3. The first kappa shape index (κ1) is 86.2. The summed E-state index contributed by atoms with van der Waals surface area (Å²) >= 11 is 0. The largest absolute Gasteiger partial charge is 0.481 e. The van der Waals surface area contributed by atoms with Crippen LogP contribution in [0.25, 0.3) is 0 Å². The van der Waals surface area contributed by atoms with E-state index < -0.39 is 23.8 Å². The molecule has 25 heteroatoms. The lowest BCUT2D eigenvalue weighted by atomic mass is 9.94. The Morgan fingerprint density at radius 2 is 0.667 bits per heavy atom. The number of Topliss-reactive ketones (excluding diaryl/α,β-unsaturated/α-hetero) is 1. The van der Waals surface area contributed by atoms with Crippen LogP contribution in [0.4, 0.5) is 0 Å². The Kier molecular flexibility index (Phi) is 79.7. The number of amides is 2. The summed E-state index contributed by atoms with van der Waals surface area (Å²) in [5.41, 5.74) is 0. The SMILES string of the molecule is CSSC.CSSC.CSSC.C[C@@H](CCCCNC(=O)CCOCCOCCOCCOCCOCCOCCOCCOCCNC(=O)CC[C@H](CC(=O)CCCCCCCCCCCCCCCCC(=O)O)C(=O)O)C(=O)O. The van der Waals surface area contributed by atoms with Gasteiger partial charge in [0.15, 0.2) is 0 Å². The Bertz CT molecular complexity index is 1370. The highest BCUT2D eigenvalue weighted by atomic mass is 33.1. The van der Waals surface area contributed by atoms with Crippen molar-refractivity contribution in [2.45, 2.75) is 155 Å². The van der Waals surface area contributed by atoms with Gasteiger partial charge in [-0.3, -0.25) is 28.8 Å². The van der Waals surface area contributed by atoms with E-state index >= 15 is 0 Å². The molecule has 482 valence electrons. The average molecular weight is 1280 g/mol. The smallest absolute Gasteiger partial charge is 0.306 e. The van der Waals surface area contributed by atoms with Crippen LogP contribution < -0.4 is 10.6 Å². The van der Waals surface area contributed by atoms with Crippen LogP contribution in [-0.4, -0.2) is 207 Å². The van der Waals surface area contributed by atoms with Gasteiger partial charge in [-0.1, -0.05) is 155 Å². The van der Waals surface area contributed by atoms with Gasteiger partial charge < -0.3 is 63.8 Å². The fourth-order valence-corrected chi connectivity index (χ4v) is 6.89. The number of hydrogen-bond acceptors (Lipinski definition) is 20. The van der Waals surface area contributed by atoms with Crippen LogP contribution in [0.1, 0.15) is 155 Å². The second-order valence-electron chi connectivity index (χ2n) is 18.2. The molecule has 19 nitrogen and oxygen atoms in total. The first-order valence-corrected chi connectivity index (χ1v) is 37.7. The summed E-state index contributed by atoms with van der Waals surface area (Å²) in [6.45, 7) is 8.90. The minimum Gasteiger partial charge on any atom is -0.481 e. The average Bonchev–Trinajstić information content (AvgIpc) is 3.45. The Balaban J connectivity index is -0.00000223. The molecule has 5 N–H and O–H groups in total. The molecule has 0 heterocycles. The lowest BCUT2D eigenvalue weighted by Crippen LogP contribution is -2.29. The molecule has 0 aromatic heterocycles. The van der Waals surface area contributed by atoms with Crippen LogP contribution in [0.2, 0.25) is 0 Å². The highest BCUT2D eigenvalue weighted by Crippen LogP contribution is 2.17. The van der Waals surface area contributed by atoms with E-state index in [2.05, 4.69) is 48.2 Å². The minimum absolute atomic E-state index is 0.0313. The molecule has 0 unspecified atom stereocenters. The maximum absolute atomic E-state index is 12.5. The maximum Gasteiger partial charge on any atom is 0.306 e. The van der Waals surface area contributed by atoms with Gasteiger partial charge in [0, 0.05) is 45.2 Å². The second kappa shape index (κ2) is 74.9. The first-order valence-electron chi connectivity index (χ1n) is 28.8. The number of carboxylic acids is 3. The van der Waals surface area contributed by atoms with E-state index in [1.54, 1.807) is 71.7 Å². The Morgan fingerprint density at radius 3 is 1.01 bits per heavy atom. The Morgan fingerprint density at radius 1 is 0.346 bits per heavy atom. The van der Waals surface area contributed by atoms with Crippen LogP contribution in [0.15, 0.2) is 0 Å². The number of ether oxygens (including phenoxy) is 8. The van der Waals surface area contributed by atoms with E-state index in [1.807, 2.05) is 0 Å². The van der Waals surface area contributed by atoms with Crippen molar-refractivity contribution in [3.8, 4) is 0 Å². The number of carbonyl (C=O) groups excluding carboxylic acids is 3. The van der Waals surface area contributed by atoms with E-state index in [9.17, 15) is 33.9 Å². The molecule has 0 saturated carbocycles. The monoisotopic (exact) mass is 1270 g/mol. The third-order valence-electron chi connectivity index (χ3n) is 11.6. The molecular formula is C56H110N2O17S6. The van der Waals surface area contributed by atoms with Crippen molar-refractivity contribution < 1.29 is 82.0 Å². The molecule has 0 aliphatic rings. The number of rotatable bonds is 59. The summed E-state index contributed by atoms with van der Waals surface area (Å²) in [6, 6.07) is 0. The van der Waals surface area contributed by atoms with Crippen LogP contribution >= 0.6 is 64.8 Å². The molecule has 81 heavy (non-hydrogen) atoms. The third-order valence-corrected chi connectivity index (χ3v) is 15.6. The fraction of sp³-hybridized carbons (Fsp3) is 0.893. The molecule has 2 atom stereocenters. The molecule has 0 aliphatic heterocycles. The molecular weight excluding hydrogens is 1170 g/mol. The quantitative estimate of drug-likeness (QED) is 0.0280. The lowest BCUT2D eigenvalue weighted by molar-refractivity contribution is -0.144. The lowest BCUT2D eigenvalue weighted by Gasteiger charge is -2.12. The van der Waals surface area contributed by atoms with Gasteiger partial charge in [-0.05, 0) is 69.6 Å². The highest BCUT2D eigenvalue weighted by Gasteiger charge is 2.22. The predicted molar refractivity (Wildman–Crippen MR) is 340 cm³/mol. The summed E-state index contributed by atoms with van der Waals surface area (Å²) in [5, 5.41) is 32.7. The molecule has 0 aromatic carbocycles. The number of carbonyl (C=O) groups is 6.